The molecule has 2 rings (SSSR count). The molecular weight excluding hydrogens is 226 g/mol. The molecular formula is C14H21N3O. The van der Waals surface area contributed by atoms with E-state index in [2.05, 4.69) is 29.5 Å². The minimum atomic E-state index is -0.149. The maximum absolute atomic E-state index is 11.5. The van der Waals surface area contributed by atoms with Gasteiger partial charge in [0.05, 0.1) is 0 Å². The Labute approximate surface area is 108 Å². The summed E-state index contributed by atoms with van der Waals surface area (Å²) in [6.45, 7) is 4.58. The third kappa shape index (κ3) is 2.63. The van der Waals surface area contributed by atoms with Gasteiger partial charge in [0.15, 0.2) is 0 Å². The number of hydrogen-bond donors (Lipinski definition) is 2. The van der Waals surface area contributed by atoms with Crippen molar-refractivity contribution in [2.75, 3.05) is 12.4 Å². The Morgan fingerprint density at radius 3 is 2.89 bits per heavy atom. The SMILES string of the molecule is CNC(=O)c1cc(NC2CCCC2(C)C)ccn1. The smallest absolute Gasteiger partial charge is 0.269 e. The van der Waals surface area contributed by atoms with Crippen LogP contribution in [0.5, 0.6) is 0 Å². The van der Waals surface area contributed by atoms with Gasteiger partial charge in [-0.2, -0.15) is 0 Å². The first kappa shape index (κ1) is 12.9. The lowest BCUT2D eigenvalue weighted by Gasteiger charge is -2.28. The van der Waals surface area contributed by atoms with E-state index in [-0.39, 0.29) is 5.91 Å². The van der Waals surface area contributed by atoms with Crippen molar-refractivity contribution in [3.05, 3.63) is 24.0 Å². The zero-order chi connectivity index (χ0) is 13.2. The van der Waals surface area contributed by atoms with Gasteiger partial charge in [0.1, 0.15) is 5.69 Å². The molecule has 98 valence electrons. The Morgan fingerprint density at radius 1 is 1.50 bits per heavy atom. The summed E-state index contributed by atoms with van der Waals surface area (Å²) in [5.41, 5.74) is 1.75. The Bertz CT molecular complexity index is 442. The van der Waals surface area contributed by atoms with E-state index in [9.17, 15) is 4.79 Å². The molecule has 1 amide bonds. The number of rotatable bonds is 3. The molecule has 0 bridgehead atoms. The lowest BCUT2D eigenvalue weighted by atomic mass is 9.87. The van der Waals surface area contributed by atoms with Gasteiger partial charge in [-0.05, 0) is 30.4 Å². The molecule has 1 unspecified atom stereocenters. The molecule has 0 aromatic carbocycles. The van der Waals surface area contributed by atoms with E-state index in [4.69, 9.17) is 0 Å². The van der Waals surface area contributed by atoms with Gasteiger partial charge in [0.25, 0.3) is 5.91 Å². The molecule has 4 nitrogen and oxygen atoms in total. The van der Waals surface area contributed by atoms with Crippen molar-refractivity contribution in [2.45, 2.75) is 39.2 Å². The number of aromatic nitrogens is 1. The van der Waals surface area contributed by atoms with Crippen LogP contribution in [-0.4, -0.2) is 24.0 Å². The van der Waals surface area contributed by atoms with Crippen LogP contribution in [0.25, 0.3) is 0 Å². The average molecular weight is 247 g/mol. The van der Waals surface area contributed by atoms with Crippen LogP contribution in [0, 0.1) is 5.41 Å². The van der Waals surface area contributed by atoms with Gasteiger partial charge in [-0.25, -0.2) is 0 Å². The molecule has 1 aromatic rings. The molecule has 1 aliphatic carbocycles. The van der Waals surface area contributed by atoms with Crippen molar-refractivity contribution in [1.29, 1.82) is 0 Å². The molecule has 0 spiro atoms. The number of carbonyl (C=O) groups excluding carboxylic acids is 1. The number of amides is 1. The van der Waals surface area contributed by atoms with Crippen LogP contribution in [0.1, 0.15) is 43.6 Å². The number of nitrogens with one attached hydrogen (secondary N) is 2. The Hall–Kier alpha value is -1.58. The largest absolute Gasteiger partial charge is 0.382 e. The molecule has 0 saturated heterocycles. The summed E-state index contributed by atoms with van der Waals surface area (Å²) in [4.78, 5) is 15.6. The van der Waals surface area contributed by atoms with Crippen LogP contribution in [0.2, 0.25) is 0 Å². The number of carbonyl (C=O) groups is 1. The summed E-state index contributed by atoms with van der Waals surface area (Å²) in [6, 6.07) is 4.20. The van der Waals surface area contributed by atoms with Gasteiger partial charge >= 0.3 is 0 Å². The predicted octanol–water partition coefficient (Wildman–Crippen LogP) is 2.43. The van der Waals surface area contributed by atoms with Gasteiger partial charge in [-0.1, -0.05) is 20.3 Å². The van der Waals surface area contributed by atoms with E-state index >= 15 is 0 Å². The second kappa shape index (κ2) is 4.96. The fourth-order valence-electron chi connectivity index (χ4n) is 2.57. The van der Waals surface area contributed by atoms with Crippen LogP contribution >= 0.6 is 0 Å². The molecule has 1 aromatic heterocycles. The molecule has 0 aliphatic heterocycles. The molecule has 1 fully saturated rings. The third-order valence-electron chi connectivity index (χ3n) is 3.82. The van der Waals surface area contributed by atoms with E-state index < -0.39 is 0 Å². The Kier molecular flexibility index (Phi) is 3.55. The highest BCUT2D eigenvalue weighted by Gasteiger charge is 2.34. The Balaban J connectivity index is 2.12. The second-order valence-corrected chi connectivity index (χ2v) is 5.59. The number of nitrogens with zero attached hydrogens (tertiary/aromatic N) is 1. The summed E-state index contributed by atoms with van der Waals surface area (Å²) in [5, 5.41) is 6.12. The summed E-state index contributed by atoms with van der Waals surface area (Å²) in [7, 11) is 1.62. The maximum Gasteiger partial charge on any atom is 0.269 e. The summed E-state index contributed by atoms with van der Waals surface area (Å²) >= 11 is 0. The first-order valence-corrected chi connectivity index (χ1v) is 6.47. The van der Waals surface area contributed by atoms with Crippen LogP contribution in [0.3, 0.4) is 0 Å². The van der Waals surface area contributed by atoms with Crippen molar-refractivity contribution >= 4 is 11.6 Å². The highest BCUT2D eigenvalue weighted by molar-refractivity contribution is 5.92. The van der Waals surface area contributed by atoms with Crippen LogP contribution in [-0.2, 0) is 0 Å². The van der Waals surface area contributed by atoms with Crippen LogP contribution in [0.4, 0.5) is 5.69 Å². The molecule has 4 heteroatoms. The summed E-state index contributed by atoms with van der Waals surface area (Å²) in [6.07, 6.45) is 5.37. The van der Waals surface area contributed by atoms with Gasteiger partial charge in [-0.3, -0.25) is 9.78 Å². The molecule has 1 heterocycles. The second-order valence-electron chi connectivity index (χ2n) is 5.59. The highest BCUT2D eigenvalue weighted by atomic mass is 16.1. The molecule has 1 atom stereocenters. The zero-order valence-corrected chi connectivity index (χ0v) is 11.3. The topological polar surface area (TPSA) is 54.0 Å². The molecule has 18 heavy (non-hydrogen) atoms. The average Bonchev–Trinajstić information content (AvgIpc) is 2.68. The zero-order valence-electron chi connectivity index (χ0n) is 11.3. The van der Waals surface area contributed by atoms with Gasteiger partial charge in [0.2, 0.25) is 0 Å². The Morgan fingerprint density at radius 2 is 2.28 bits per heavy atom. The maximum atomic E-state index is 11.5. The van der Waals surface area contributed by atoms with Gasteiger partial charge in [-0.15, -0.1) is 0 Å². The fourth-order valence-corrected chi connectivity index (χ4v) is 2.57. The quantitative estimate of drug-likeness (QED) is 0.862. The number of anilines is 1. The minimum Gasteiger partial charge on any atom is -0.382 e. The molecule has 0 radical (unpaired) electrons. The lowest BCUT2D eigenvalue weighted by molar-refractivity contribution is 0.0958. The van der Waals surface area contributed by atoms with E-state index in [0.717, 1.165) is 5.69 Å². The van der Waals surface area contributed by atoms with Crippen molar-refractivity contribution in [3.63, 3.8) is 0 Å². The summed E-state index contributed by atoms with van der Waals surface area (Å²) in [5.74, 6) is -0.149. The van der Waals surface area contributed by atoms with E-state index in [1.54, 1.807) is 13.2 Å². The lowest BCUT2D eigenvalue weighted by Crippen LogP contribution is -2.31. The van der Waals surface area contributed by atoms with E-state index in [1.807, 2.05) is 12.1 Å². The standard InChI is InChI=1S/C14H21N3O/c1-14(2)7-4-5-12(14)17-10-6-8-16-11(9-10)13(18)15-3/h6,8-9,12H,4-5,7H2,1-3H3,(H,15,18)(H,16,17). The third-order valence-corrected chi connectivity index (χ3v) is 3.82. The number of hydrogen-bond acceptors (Lipinski definition) is 3. The minimum absolute atomic E-state index is 0.149. The first-order valence-electron chi connectivity index (χ1n) is 6.47. The van der Waals surface area contributed by atoms with Crippen molar-refractivity contribution in [3.8, 4) is 0 Å². The number of pyridine rings is 1. The van der Waals surface area contributed by atoms with Crippen molar-refractivity contribution < 1.29 is 4.79 Å². The van der Waals surface area contributed by atoms with Gasteiger partial charge < -0.3 is 10.6 Å². The normalized spacial score (nSPS) is 21.6. The van der Waals surface area contributed by atoms with Crippen LogP contribution in [0.15, 0.2) is 18.3 Å². The van der Waals surface area contributed by atoms with Crippen molar-refractivity contribution in [2.24, 2.45) is 5.41 Å². The van der Waals surface area contributed by atoms with E-state index in [1.165, 1.54) is 19.3 Å². The van der Waals surface area contributed by atoms with Crippen molar-refractivity contribution in [1.82, 2.24) is 10.3 Å². The van der Waals surface area contributed by atoms with E-state index in [0.29, 0.717) is 17.2 Å². The predicted molar refractivity (Wildman–Crippen MR) is 72.7 cm³/mol. The monoisotopic (exact) mass is 247 g/mol. The van der Waals surface area contributed by atoms with Crippen LogP contribution < -0.4 is 10.6 Å². The van der Waals surface area contributed by atoms with Gasteiger partial charge in [0, 0.05) is 25.0 Å². The first-order chi connectivity index (χ1) is 8.53. The molecule has 1 saturated carbocycles. The fraction of sp³-hybridized carbons (Fsp3) is 0.571. The molecule has 1 aliphatic rings. The highest BCUT2D eigenvalue weighted by Crippen LogP contribution is 2.38. The summed E-state index contributed by atoms with van der Waals surface area (Å²) < 4.78 is 0. The molecule has 2 N–H and O–H groups in total.